The first-order valence-corrected chi connectivity index (χ1v) is 11.2. The van der Waals surface area contributed by atoms with Gasteiger partial charge in [-0.15, -0.1) is 0 Å². The van der Waals surface area contributed by atoms with Crippen molar-refractivity contribution >= 4 is 28.8 Å². The molecule has 1 aromatic heterocycles. The van der Waals surface area contributed by atoms with E-state index in [2.05, 4.69) is 15.0 Å². The second-order valence-electron chi connectivity index (χ2n) is 5.48. The summed E-state index contributed by atoms with van der Waals surface area (Å²) < 4.78 is 44.6. The van der Waals surface area contributed by atoms with Crippen LogP contribution in [0.5, 0.6) is 0 Å². The van der Waals surface area contributed by atoms with Gasteiger partial charge in [0.15, 0.2) is 13.1 Å². The summed E-state index contributed by atoms with van der Waals surface area (Å²) in [6.45, 7) is 7.16. The van der Waals surface area contributed by atoms with Crippen molar-refractivity contribution in [2.45, 2.75) is 32.6 Å². The summed E-state index contributed by atoms with van der Waals surface area (Å²) in [7, 11) is -6.22. The van der Waals surface area contributed by atoms with Gasteiger partial charge in [0.25, 0.3) is 10.0 Å². The second-order valence-corrected chi connectivity index (χ2v) is 10.4. The lowest BCUT2D eigenvalue weighted by Crippen LogP contribution is -2.14. The lowest BCUT2D eigenvalue weighted by molar-refractivity contribution is 0.399. The molecule has 0 radical (unpaired) electrons. The largest absolute Gasteiger partial charge is 0.359 e. The zero-order valence-electron chi connectivity index (χ0n) is 14.2. The maximum absolute atomic E-state index is 12.4. The first-order valence-electron chi connectivity index (χ1n) is 7.63. The molecule has 0 spiro atoms. The summed E-state index contributed by atoms with van der Waals surface area (Å²) in [4.78, 5) is 0.0935. The highest BCUT2D eigenvalue weighted by Crippen LogP contribution is 2.44. The average Bonchev–Trinajstić information content (AvgIpc) is 2.87. The van der Waals surface area contributed by atoms with Crippen LogP contribution in [0.4, 0.5) is 11.5 Å². The number of nitrogens with one attached hydrogen (secondary N) is 2. The van der Waals surface area contributed by atoms with Crippen LogP contribution in [0.2, 0.25) is 0 Å². The van der Waals surface area contributed by atoms with E-state index >= 15 is 0 Å². The molecule has 2 aromatic rings. The van der Waals surface area contributed by atoms with Crippen LogP contribution >= 0.6 is 7.29 Å². The van der Waals surface area contributed by atoms with Gasteiger partial charge in [0.05, 0.1) is 4.90 Å². The Morgan fingerprint density at radius 3 is 2.17 bits per heavy atom. The number of hydrogen-bond donors (Lipinski definition) is 2. The van der Waals surface area contributed by atoms with Gasteiger partial charge in [-0.1, -0.05) is 19.0 Å². The van der Waals surface area contributed by atoms with Gasteiger partial charge in [-0.2, -0.15) is 0 Å². The van der Waals surface area contributed by atoms with Gasteiger partial charge in [0, 0.05) is 23.6 Å². The Hall–Kier alpha value is -1.79. The van der Waals surface area contributed by atoms with Crippen LogP contribution in [0.15, 0.2) is 33.7 Å². The molecular weight excluding hydrogens is 349 g/mol. The third-order valence-electron chi connectivity index (χ3n) is 3.91. The minimum Gasteiger partial charge on any atom is -0.359 e. The molecule has 24 heavy (non-hydrogen) atoms. The van der Waals surface area contributed by atoms with Crippen LogP contribution in [-0.2, 0) is 14.6 Å². The van der Waals surface area contributed by atoms with Crippen molar-refractivity contribution in [1.29, 1.82) is 0 Å². The molecule has 0 aliphatic heterocycles. The number of sulfonamides is 1. The van der Waals surface area contributed by atoms with E-state index in [-0.39, 0.29) is 10.7 Å². The van der Waals surface area contributed by atoms with Gasteiger partial charge in [-0.3, -0.25) is 4.72 Å². The van der Waals surface area contributed by atoms with Crippen LogP contribution in [0.3, 0.4) is 0 Å². The Labute approximate surface area is 142 Å². The number of aromatic nitrogens is 1. The van der Waals surface area contributed by atoms with Gasteiger partial charge in [0.2, 0.25) is 0 Å². The number of hydrogen-bond acceptors (Lipinski definition) is 5. The summed E-state index contributed by atoms with van der Waals surface area (Å²) >= 11 is 0. The minimum atomic E-state index is -3.76. The van der Waals surface area contributed by atoms with Crippen molar-refractivity contribution in [3.8, 4) is 0 Å². The summed E-state index contributed by atoms with van der Waals surface area (Å²) in [5.41, 5.74) is 1.28. The highest BCUT2D eigenvalue weighted by Gasteiger charge is 2.20. The maximum atomic E-state index is 12.4. The topological polar surface area (TPSA) is 101 Å². The third kappa shape index (κ3) is 3.99. The Kier molecular flexibility index (Phi) is 5.40. The van der Waals surface area contributed by atoms with E-state index in [9.17, 15) is 13.0 Å². The molecule has 0 unspecified atom stereocenters. The molecule has 0 saturated heterocycles. The summed E-state index contributed by atoms with van der Waals surface area (Å²) in [6, 6.07) is 6.13. The molecule has 2 rings (SSSR count). The average molecular weight is 371 g/mol. The van der Waals surface area contributed by atoms with E-state index in [0.29, 0.717) is 29.3 Å². The van der Waals surface area contributed by atoms with E-state index in [1.165, 1.54) is 12.1 Å². The lowest BCUT2D eigenvalue weighted by atomic mass is 10.3. The molecule has 0 aliphatic carbocycles. The standard InChI is InChI=1S/C15H22N3O4PS/c1-5-23(19,6-2)17-13-7-9-14(10-8-13)24(20,21)18-15-11(3)12(4)22-16-15/h7-10H,5-6H2,1-4H3,(H,16,18)(H,17,19). The van der Waals surface area contributed by atoms with Crippen LogP contribution in [0.1, 0.15) is 25.2 Å². The highest BCUT2D eigenvalue weighted by molar-refractivity contribution is 7.92. The van der Waals surface area contributed by atoms with E-state index in [4.69, 9.17) is 4.52 Å². The molecule has 9 heteroatoms. The monoisotopic (exact) mass is 371 g/mol. The number of benzene rings is 1. The van der Waals surface area contributed by atoms with Crippen LogP contribution in [0, 0.1) is 13.8 Å². The quantitative estimate of drug-likeness (QED) is 0.718. The summed E-state index contributed by atoms with van der Waals surface area (Å²) in [6.07, 6.45) is 1.08. The molecule has 0 atom stereocenters. The van der Waals surface area contributed by atoms with Crippen molar-refractivity contribution in [1.82, 2.24) is 5.16 Å². The predicted molar refractivity (Wildman–Crippen MR) is 95.5 cm³/mol. The van der Waals surface area contributed by atoms with Gasteiger partial charge < -0.3 is 14.2 Å². The fourth-order valence-corrected chi connectivity index (χ4v) is 4.46. The zero-order valence-corrected chi connectivity index (χ0v) is 15.9. The fourth-order valence-electron chi connectivity index (χ4n) is 2.02. The summed E-state index contributed by atoms with van der Waals surface area (Å²) in [5, 5.41) is 6.71. The number of anilines is 2. The van der Waals surface area contributed by atoms with Crippen molar-refractivity contribution in [2.24, 2.45) is 0 Å². The molecular formula is C15H22N3O4PS. The first kappa shape index (κ1) is 18.5. The lowest BCUT2D eigenvalue weighted by Gasteiger charge is -2.17. The first-order chi connectivity index (χ1) is 11.2. The van der Waals surface area contributed by atoms with Crippen molar-refractivity contribution in [3.63, 3.8) is 0 Å². The Morgan fingerprint density at radius 1 is 1.12 bits per heavy atom. The normalized spacial score (nSPS) is 12.2. The Morgan fingerprint density at radius 2 is 1.71 bits per heavy atom. The fraction of sp³-hybridized carbons (Fsp3) is 0.400. The molecule has 1 heterocycles. The second kappa shape index (κ2) is 6.99. The molecule has 132 valence electrons. The maximum Gasteiger partial charge on any atom is 0.263 e. The molecule has 7 nitrogen and oxygen atoms in total. The van der Waals surface area contributed by atoms with E-state index in [0.717, 1.165) is 0 Å². The molecule has 0 saturated carbocycles. The van der Waals surface area contributed by atoms with Crippen molar-refractivity contribution in [2.75, 3.05) is 22.1 Å². The molecule has 0 fully saturated rings. The molecule has 0 amide bonds. The van der Waals surface area contributed by atoms with Crippen LogP contribution < -0.4 is 9.81 Å². The zero-order chi connectivity index (χ0) is 18.0. The molecule has 0 bridgehead atoms. The number of aryl methyl sites for hydroxylation is 1. The highest BCUT2D eigenvalue weighted by atomic mass is 32.2. The number of rotatable bonds is 7. The van der Waals surface area contributed by atoms with Gasteiger partial charge in [-0.25, -0.2) is 8.42 Å². The van der Waals surface area contributed by atoms with Crippen molar-refractivity contribution in [3.05, 3.63) is 35.6 Å². The van der Waals surface area contributed by atoms with Crippen LogP contribution in [-0.4, -0.2) is 25.9 Å². The third-order valence-corrected chi connectivity index (χ3v) is 7.97. The van der Waals surface area contributed by atoms with Crippen molar-refractivity contribution < 1.29 is 17.5 Å². The molecule has 2 N–H and O–H groups in total. The van der Waals surface area contributed by atoms with E-state index < -0.39 is 17.3 Å². The Bertz CT molecular complexity index is 851. The predicted octanol–water partition coefficient (Wildman–Crippen LogP) is 3.82. The van der Waals surface area contributed by atoms with Crippen LogP contribution in [0.25, 0.3) is 0 Å². The minimum absolute atomic E-state index is 0.0935. The SMILES string of the molecule is CCP(=O)(CC)Nc1ccc(S(=O)(=O)Nc2noc(C)c2C)cc1. The van der Waals surface area contributed by atoms with E-state index in [1.54, 1.807) is 26.0 Å². The van der Waals surface area contributed by atoms with Gasteiger partial charge in [-0.05, 0) is 38.1 Å². The van der Waals surface area contributed by atoms with E-state index in [1.807, 2.05) is 13.8 Å². The molecule has 0 aliphatic rings. The molecule has 1 aromatic carbocycles. The summed E-state index contributed by atoms with van der Waals surface area (Å²) in [5.74, 6) is 0.735. The number of nitrogens with zero attached hydrogens (tertiary/aromatic N) is 1. The smallest absolute Gasteiger partial charge is 0.263 e. The van der Waals surface area contributed by atoms with Gasteiger partial charge >= 0.3 is 0 Å². The van der Waals surface area contributed by atoms with Gasteiger partial charge in [0.1, 0.15) is 5.76 Å². The Balaban J connectivity index is 2.20.